The first-order chi connectivity index (χ1) is 7.89. The maximum Gasteiger partial charge on any atom is 0.345 e. The van der Waals surface area contributed by atoms with Crippen molar-refractivity contribution in [2.45, 2.75) is 45.6 Å². The molecule has 2 N–H and O–H groups in total. The number of nitrogens with two attached hydrogens (primary N) is 1. The Labute approximate surface area is 103 Å². The molecule has 3 unspecified atom stereocenters. The molecule has 1 heterocycles. The molecule has 0 radical (unpaired) electrons. The predicted octanol–water partition coefficient (Wildman–Crippen LogP) is 2.24. The second-order valence-corrected chi connectivity index (χ2v) is 6.00. The van der Waals surface area contributed by atoms with Crippen LogP contribution in [0.1, 0.15) is 40.0 Å². The number of likely N-dealkylation sites (N-methyl/N-ethyl adjacent to an activating group) is 1. The van der Waals surface area contributed by atoms with Crippen LogP contribution in [0.15, 0.2) is 4.99 Å². The first kappa shape index (κ1) is 12.4. The molecule has 2 rings (SSSR count). The maximum absolute atomic E-state index is 11.8. The Morgan fingerprint density at radius 3 is 2.59 bits per heavy atom. The highest BCUT2D eigenvalue weighted by molar-refractivity contribution is 6.06. The molecule has 0 bridgehead atoms. The molecule has 96 valence electrons. The van der Waals surface area contributed by atoms with E-state index in [9.17, 15) is 4.79 Å². The van der Waals surface area contributed by atoms with Crippen molar-refractivity contribution in [1.29, 1.82) is 0 Å². The normalized spacial score (nSPS) is 38.1. The van der Waals surface area contributed by atoms with Gasteiger partial charge < -0.3 is 10.6 Å². The smallest absolute Gasteiger partial charge is 0.345 e. The van der Waals surface area contributed by atoms with Gasteiger partial charge in [-0.3, -0.25) is 0 Å². The summed E-state index contributed by atoms with van der Waals surface area (Å²) in [6.45, 7) is 6.67. The topological polar surface area (TPSA) is 58.7 Å². The molecule has 1 spiro atoms. The van der Waals surface area contributed by atoms with Crippen LogP contribution in [0.25, 0.3) is 0 Å². The summed E-state index contributed by atoms with van der Waals surface area (Å²) in [5.41, 5.74) is 5.79. The van der Waals surface area contributed by atoms with Crippen molar-refractivity contribution >= 4 is 11.9 Å². The first-order valence-electron chi connectivity index (χ1n) is 6.52. The fourth-order valence-corrected chi connectivity index (χ4v) is 3.67. The van der Waals surface area contributed by atoms with Crippen molar-refractivity contribution in [3.8, 4) is 0 Å². The second kappa shape index (κ2) is 4.00. The van der Waals surface area contributed by atoms with E-state index in [2.05, 4.69) is 25.8 Å². The summed E-state index contributed by atoms with van der Waals surface area (Å²) < 4.78 is 0. The second-order valence-electron chi connectivity index (χ2n) is 6.00. The molecular weight excluding hydrogens is 214 g/mol. The zero-order valence-electron chi connectivity index (χ0n) is 11.2. The maximum atomic E-state index is 11.8. The Bertz CT molecular complexity index is 364. The quantitative estimate of drug-likeness (QED) is 0.760. The van der Waals surface area contributed by atoms with E-state index in [1.807, 2.05) is 7.05 Å². The fraction of sp³-hybridized carbons (Fsp3) is 0.846. The van der Waals surface area contributed by atoms with E-state index >= 15 is 0 Å². The van der Waals surface area contributed by atoms with E-state index in [4.69, 9.17) is 5.73 Å². The molecule has 0 aromatic rings. The summed E-state index contributed by atoms with van der Waals surface area (Å²) in [7, 11) is 1.85. The monoisotopic (exact) mass is 237 g/mol. The van der Waals surface area contributed by atoms with Gasteiger partial charge in [0.2, 0.25) is 0 Å². The highest BCUT2D eigenvalue weighted by Gasteiger charge is 2.54. The number of hydrogen-bond acceptors (Lipinski definition) is 2. The van der Waals surface area contributed by atoms with Crippen LogP contribution in [-0.4, -0.2) is 29.4 Å². The van der Waals surface area contributed by atoms with Gasteiger partial charge in [0.05, 0.1) is 0 Å². The number of carbonyl (C=O) groups is 1. The van der Waals surface area contributed by atoms with Crippen LogP contribution in [0.5, 0.6) is 0 Å². The summed E-state index contributed by atoms with van der Waals surface area (Å²) in [5.74, 6) is 2.09. The summed E-state index contributed by atoms with van der Waals surface area (Å²) in [4.78, 5) is 17.6. The van der Waals surface area contributed by atoms with Crippen LogP contribution in [0.3, 0.4) is 0 Å². The van der Waals surface area contributed by atoms with Gasteiger partial charge >= 0.3 is 6.03 Å². The van der Waals surface area contributed by atoms with Crippen molar-refractivity contribution < 1.29 is 4.79 Å². The summed E-state index contributed by atoms with van der Waals surface area (Å²) >= 11 is 0. The van der Waals surface area contributed by atoms with Gasteiger partial charge in [0.25, 0.3) is 0 Å². The zero-order chi connectivity index (χ0) is 12.8. The molecule has 1 aliphatic carbocycles. The highest BCUT2D eigenvalue weighted by Crippen LogP contribution is 2.46. The average Bonchev–Trinajstić information content (AvgIpc) is 2.44. The van der Waals surface area contributed by atoms with Gasteiger partial charge in [0, 0.05) is 7.05 Å². The van der Waals surface area contributed by atoms with Crippen molar-refractivity contribution in [2.75, 3.05) is 7.05 Å². The van der Waals surface area contributed by atoms with Crippen LogP contribution in [0, 0.1) is 17.8 Å². The average molecular weight is 237 g/mol. The van der Waals surface area contributed by atoms with E-state index < -0.39 is 0 Å². The Balaban J connectivity index is 2.43. The zero-order valence-corrected chi connectivity index (χ0v) is 11.2. The number of amidine groups is 1. The standard InChI is InChI=1S/C13H23N3O/c1-8(2)10-6-5-9(3)7-13(10)11(14)15-12(17)16(13)4/h8-10H,5-7H2,1-4H3,(H2,14,15,17). The minimum Gasteiger partial charge on any atom is -0.385 e. The third kappa shape index (κ3) is 1.65. The van der Waals surface area contributed by atoms with Crippen LogP contribution in [-0.2, 0) is 0 Å². The molecule has 1 aliphatic heterocycles. The van der Waals surface area contributed by atoms with Crippen molar-refractivity contribution in [2.24, 2.45) is 28.5 Å². The van der Waals surface area contributed by atoms with Gasteiger partial charge in [0.15, 0.2) is 0 Å². The Morgan fingerprint density at radius 1 is 1.47 bits per heavy atom. The lowest BCUT2D eigenvalue weighted by atomic mass is 9.64. The van der Waals surface area contributed by atoms with Gasteiger partial charge in [-0.25, -0.2) is 4.79 Å². The van der Waals surface area contributed by atoms with Crippen LogP contribution in [0.2, 0.25) is 0 Å². The third-order valence-electron chi connectivity index (χ3n) is 4.59. The molecule has 0 aromatic heterocycles. The third-order valence-corrected chi connectivity index (χ3v) is 4.59. The minimum absolute atomic E-state index is 0.178. The Kier molecular flexibility index (Phi) is 2.92. The van der Waals surface area contributed by atoms with Crippen molar-refractivity contribution in [1.82, 2.24) is 4.90 Å². The molecular formula is C13H23N3O. The molecule has 3 atom stereocenters. The Morgan fingerprint density at radius 2 is 2.12 bits per heavy atom. The van der Waals surface area contributed by atoms with Gasteiger partial charge in [0.1, 0.15) is 11.4 Å². The number of hydrogen-bond donors (Lipinski definition) is 1. The number of rotatable bonds is 1. The molecule has 17 heavy (non-hydrogen) atoms. The first-order valence-corrected chi connectivity index (χ1v) is 6.52. The largest absolute Gasteiger partial charge is 0.385 e. The number of aliphatic imine (C=N–C) groups is 1. The van der Waals surface area contributed by atoms with Crippen LogP contribution >= 0.6 is 0 Å². The molecule has 1 fully saturated rings. The molecule has 0 saturated heterocycles. The van der Waals surface area contributed by atoms with Gasteiger partial charge in [-0.15, -0.1) is 0 Å². The van der Waals surface area contributed by atoms with Crippen molar-refractivity contribution in [3.63, 3.8) is 0 Å². The molecule has 4 heteroatoms. The fourth-order valence-electron chi connectivity index (χ4n) is 3.67. The lowest BCUT2D eigenvalue weighted by molar-refractivity contribution is 0.0639. The number of carbonyl (C=O) groups excluding carboxylic acids is 1. The highest BCUT2D eigenvalue weighted by atomic mass is 16.2. The number of urea groups is 1. The van der Waals surface area contributed by atoms with E-state index in [1.165, 1.54) is 6.42 Å². The summed E-state index contributed by atoms with van der Waals surface area (Å²) in [6, 6.07) is -0.178. The van der Waals surface area contributed by atoms with E-state index in [1.54, 1.807) is 4.90 Å². The van der Waals surface area contributed by atoms with Crippen LogP contribution < -0.4 is 5.73 Å². The summed E-state index contributed by atoms with van der Waals surface area (Å²) in [5, 5.41) is 0. The predicted molar refractivity (Wildman–Crippen MR) is 68.9 cm³/mol. The van der Waals surface area contributed by atoms with Crippen molar-refractivity contribution in [3.05, 3.63) is 0 Å². The molecule has 4 nitrogen and oxygen atoms in total. The number of amides is 2. The number of nitrogens with zero attached hydrogens (tertiary/aromatic N) is 2. The van der Waals surface area contributed by atoms with Gasteiger partial charge in [-0.2, -0.15) is 4.99 Å². The van der Waals surface area contributed by atoms with E-state index in [0.29, 0.717) is 23.6 Å². The van der Waals surface area contributed by atoms with Gasteiger partial charge in [-0.1, -0.05) is 27.2 Å². The minimum atomic E-state index is -0.317. The molecule has 1 saturated carbocycles. The molecule has 0 aromatic carbocycles. The molecule has 2 amide bonds. The van der Waals surface area contributed by atoms with E-state index in [0.717, 1.165) is 12.8 Å². The Hall–Kier alpha value is -1.06. The van der Waals surface area contributed by atoms with E-state index in [-0.39, 0.29) is 11.6 Å². The van der Waals surface area contributed by atoms with Gasteiger partial charge in [-0.05, 0) is 30.6 Å². The SMILES string of the molecule is CC1CCC(C(C)C)C2(C1)C(N)=NC(=O)N2C. The molecule has 2 aliphatic rings. The lowest BCUT2D eigenvalue weighted by Gasteiger charge is -2.49. The summed E-state index contributed by atoms with van der Waals surface area (Å²) in [6.07, 6.45) is 3.31. The van der Waals surface area contributed by atoms with Crippen LogP contribution in [0.4, 0.5) is 4.79 Å². The lowest BCUT2D eigenvalue weighted by Crippen LogP contribution is -2.61.